The lowest BCUT2D eigenvalue weighted by Gasteiger charge is -2.14. The van der Waals surface area contributed by atoms with Crippen molar-refractivity contribution in [3.05, 3.63) is 212 Å². The molecule has 0 N–H and O–H groups in total. The predicted molar refractivity (Wildman–Crippen MR) is 270 cm³/mol. The van der Waals surface area contributed by atoms with E-state index in [0.717, 1.165) is 83.0 Å². The molecule has 0 aliphatic heterocycles. The van der Waals surface area contributed by atoms with E-state index in [1.54, 1.807) is 0 Å². The second-order valence-electron chi connectivity index (χ2n) is 16.5. The number of hydrogen-bond donors (Lipinski definition) is 0. The van der Waals surface area contributed by atoms with Gasteiger partial charge in [-0.3, -0.25) is 4.57 Å². The monoisotopic (exact) mass is 817 g/mol. The molecular weight excluding hydrogens is 779 g/mol. The van der Waals surface area contributed by atoms with E-state index < -0.39 is 0 Å². The molecule has 0 bridgehead atoms. The highest BCUT2D eigenvalue weighted by molar-refractivity contribution is 6.24. The maximum absolute atomic E-state index is 5.46. The molecule has 4 aromatic heterocycles. The Balaban J connectivity index is 1.06. The Labute approximate surface area is 368 Å². The Kier molecular flexibility index (Phi) is 7.90. The van der Waals surface area contributed by atoms with E-state index in [9.17, 15) is 0 Å². The highest BCUT2D eigenvalue weighted by atomic mass is 15.2. The van der Waals surface area contributed by atoms with Crippen LogP contribution in [-0.2, 0) is 0 Å². The molecule has 0 radical (unpaired) electrons. The second-order valence-corrected chi connectivity index (χ2v) is 16.5. The second kappa shape index (κ2) is 14.0. The average Bonchev–Trinajstić information content (AvgIpc) is 3.98. The molecular formula is C59H39N5. The molecule has 0 spiro atoms. The van der Waals surface area contributed by atoms with Gasteiger partial charge in [-0.2, -0.15) is 0 Å². The third kappa shape index (κ3) is 5.18. The van der Waals surface area contributed by atoms with Crippen molar-refractivity contribution in [2.75, 3.05) is 0 Å². The van der Waals surface area contributed by atoms with Crippen LogP contribution in [0, 0.1) is 0 Å². The quantitative estimate of drug-likeness (QED) is 0.168. The summed E-state index contributed by atoms with van der Waals surface area (Å²) >= 11 is 0. The molecule has 0 atom stereocenters. The maximum Gasteiger partial charge on any atom is 0.235 e. The van der Waals surface area contributed by atoms with Gasteiger partial charge in [0.15, 0.2) is 0 Å². The zero-order valence-electron chi connectivity index (χ0n) is 35.1. The fourth-order valence-corrected chi connectivity index (χ4v) is 10.4. The summed E-state index contributed by atoms with van der Waals surface area (Å²) in [5, 5.41) is 11.7. The normalized spacial score (nSPS) is 12.1. The van der Waals surface area contributed by atoms with Crippen LogP contribution in [0.4, 0.5) is 0 Å². The van der Waals surface area contributed by atoms with Gasteiger partial charge >= 0.3 is 0 Å². The number of allylic oxidation sites excluding steroid dienone is 1. The molecule has 9 aromatic carbocycles. The van der Waals surface area contributed by atoms with Gasteiger partial charge in [0, 0.05) is 54.8 Å². The van der Waals surface area contributed by atoms with Crippen LogP contribution in [0.15, 0.2) is 201 Å². The smallest absolute Gasteiger partial charge is 0.235 e. The van der Waals surface area contributed by atoms with Crippen molar-refractivity contribution < 1.29 is 0 Å². The molecule has 0 aliphatic carbocycles. The first-order valence-electron chi connectivity index (χ1n) is 21.8. The van der Waals surface area contributed by atoms with Crippen LogP contribution in [0.2, 0.25) is 0 Å². The Bertz CT molecular complexity index is 4110. The number of fused-ring (bicyclic) bond motifs is 11. The van der Waals surface area contributed by atoms with E-state index in [1.165, 1.54) is 37.8 Å². The van der Waals surface area contributed by atoms with Gasteiger partial charge in [0.25, 0.3) is 0 Å². The van der Waals surface area contributed by atoms with E-state index in [-0.39, 0.29) is 0 Å². The van der Waals surface area contributed by atoms with E-state index >= 15 is 0 Å². The van der Waals surface area contributed by atoms with Gasteiger partial charge in [-0.1, -0.05) is 146 Å². The van der Waals surface area contributed by atoms with Gasteiger partial charge in [0.05, 0.1) is 44.5 Å². The molecule has 13 aromatic rings. The number of nitrogens with zero attached hydrogens (tertiary/aromatic N) is 5. The molecule has 4 heterocycles. The van der Waals surface area contributed by atoms with Crippen molar-refractivity contribution in [2.45, 2.75) is 6.92 Å². The SMILES string of the molecule is C=Cc1c(/C=C\C)n(-c2ccc3c(c2)c2ccccc2n3-c2nc(-c3cccc4ccccc34)c3ccccc3n2)c2ccc3c(c4ccccc4n3-c3ccc4ccccc4c3)c12. The van der Waals surface area contributed by atoms with Crippen LogP contribution in [0.5, 0.6) is 0 Å². The Morgan fingerprint density at radius 1 is 0.438 bits per heavy atom. The van der Waals surface area contributed by atoms with Crippen LogP contribution in [-0.4, -0.2) is 23.7 Å². The summed E-state index contributed by atoms with van der Waals surface area (Å²) in [7, 11) is 0. The molecule has 0 unspecified atom stereocenters. The number of benzene rings is 9. The minimum absolute atomic E-state index is 0.640. The maximum atomic E-state index is 5.46. The summed E-state index contributed by atoms with van der Waals surface area (Å²) in [5.41, 5.74) is 12.8. The largest absolute Gasteiger partial charge is 0.309 e. The van der Waals surface area contributed by atoms with Gasteiger partial charge in [-0.15, -0.1) is 0 Å². The summed E-state index contributed by atoms with van der Waals surface area (Å²) in [6.07, 6.45) is 6.38. The summed E-state index contributed by atoms with van der Waals surface area (Å²) < 4.78 is 7.05. The third-order valence-corrected chi connectivity index (χ3v) is 13.1. The first-order chi connectivity index (χ1) is 31.7. The van der Waals surface area contributed by atoms with Gasteiger partial charge in [-0.05, 0) is 95.2 Å². The lowest BCUT2D eigenvalue weighted by atomic mass is 9.99. The number of aromatic nitrogens is 5. The molecule has 0 fully saturated rings. The number of para-hydroxylation sites is 3. The molecule has 5 nitrogen and oxygen atoms in total. The molecule has 5 heteroatoms. The van der Waals surface area contributed by atoms with Crippen LogP contribution in [0.3, 0.4) is 0 Å². The van der Waals surface area contributed by atoms with E-state index in [0.29, 0.717) is 5.95 Å². The lowest BCUT2D eigenvalue weighted by Crippen LogP contribution is -2.04. The van der Waals surface area contributed by atoms with E-state index in [2.05, 4.69) is 227 Å². The van der Waals surface area contributed by atoms with Crippen LogP contribution < -0.4 is 0 Å². The van der Waals surface area contributed by atoms with Crippen LogP contribution in [0.1, 0.15) is 18.2 Å². The van der Waals surface area contributed by atoms with Gasteiger partial charge in [-0.25, -0.2) is 9.97 Å². The summed E-state index contributed by atoms with van der Waals surface area (Å²) in [5.74, 6) is 0.640. The predicted octanol–water partition coefficient (Wildman–Crippen LogP) is 15.4. The zero-order valence-corrected chi connectivity index (χ0v) is 35.1. The highest BCUT2D eigenvalue weighted by Crippen LogP contribution is 2.44. The number of rotatable bonds is 6. The highest BCUT2D eigenvalue weighted by Gasteiger charge is 2.24. The molecule has 300 valence electrons. The van der Waals surface area contributed by atoms with Gasteiger partial charge in [0.1, 0.15) is 0 Å². The molecule has 0 aliphatic rings. The van der Waals surface area contributed by atoms with Crippen molar-refractivity contribution in [3.63, 3.8) is 0 Å². The molecule has 0 saturated heterocycles. The topological polar surface area (TPSA) is 40.6 Å². The fraction of sp³-hybridized carbons (Fsp3) is 0.0169. The first kappa shape index (κ1) is 36.1. The molecule has 13 rings (SSSR count). The summed E-state index contributed by atoms with van der Waals surface area (Å²) in [6, 6.07) is 67.5. The Hall–Kier alpha value is -8.54. The molecule has 64 heavy (non-hydrogen) atoms. The van der Waals surface area contributed by atoms with Gasteiger partial charge in [0.2, 0.25) is 5.95 Å². The average molecular weight is 818 g/mol. The number of hydrogen-bond acceptors (Lipinski definition) is 2. The van der Waals surface area contributed by atoms with E-state index in [4.69, 9.17) is 9.97 Å². The lowest BCUT2D eigenvalue weighted by molar-refractivity contribution is 1.01. The first-order valence-corrected chi connectivity index (χ1v) is 21.8. The van der Waals surface area contributed by atoms with Crippen LogP contribution >= 0.6 is 0 Å². The Morgan fingerprint density at radius 3 is 1.86 bits per heavy atom. The fourth-order valence-electron chi connectivity index (χ4n) is 10.4. The summed E-state index contributed by atoms with van der Waals surface area (Å²) in [4.78, 5) is 10.7. The standard InChI is InChI=1S/C59H39N5/c1-3-16-50-42(4-2)56-54(33-34-55-57(56)47-24-11-14-28-52(47)62(55)40-30-29-37-17-5-6-19-39(37)35-40)63(50)41-31-32-53-48(36-41)44-22-10-13-27-51(44)64(53)59-60-49-26-12-9-23-46(49)58(61-59)45-25-15-20-38-18-7-8-21-43(38)45/h3-36H,2H2,1H3/b16-3-. The van der Waals surface area contributed by atoms with E-state index in [1.807, 2.05) is 6.08 Å². The van der Waals surface area contributed by atoms with Gasteiger partial charge < -0.3 is 9.13 Å². The Morgan fingerprint density at radius 2 is 1.05 bits per heavy atom. The van der Waals surface area contributed by atoms with Crippen LogP contribution in [0.25, 0.3) is 128 Å². The third-order valence-electron chi connectivity index (χ3n) is 13.1. The zero-order chi connectivity index (χ0) is 42.5. The minimum Gasteiger partial charge on any atom is -0.309 e. The van der Waals surface area contributed by atoms with Crippen molar-refractivity contribution in [3.8, 4) is 28.6 Å². The molecule has 0 saturated carbocycles. The van der Waals surface area contributed by atoms with Crippen molar-refractivity contribution in [2.24, 2.45) is 0 Å². The van der Waals surface area contributed by atoms with Crippen molar-refractivity contribution in [1.82, 2.24) is 23.7 Å². The summed E-state index contributed by atoms with van der Waals surface area (Å²) in [6.45, 7) is 6.53. The molecule has 0 amide bonds. The van der Waals surface area contributed by atoms with Crippen molar-refractivity contribution in [1.29, 1.82) is 0 Å². The minimum atomic E-state index is 0.640. The van der Waals surface area contributed by atoms with Crippen molar-refractivity contribution >= 4 is 99.1 Å².